The number of unbranched alkanes of at least 4 members (excludes halogenated alkanes) is 11. The molecule has 0 saturated carbocycles. The number of esters is 2. The molecule has 0 amide bonds. The van der Waals surface area contributed by atoms with E-state index >= 15 is 0 Å². The number of ether oxygens (including phenoxy) is 4. The number of aliphatic hydroxyl groups is 3. The fourth-order valence-corrected chi connectivity index (χ4v) is 7.00. The fourth-order valence-electron chi connectivity index (χ4n) is 6.31. The molecule has 13 heteroatoms. The Kier molecular flexibility index (Phi) is 35.1. The lowest BCUT2D eigenvalue weighted by Gasteiger charge is -2.40. The largest absolute Gasteiger partial charge is 0.462 e. The van der Waals surface area contributed by atoms with Crippen molar-refractivity contribution >= 4 is 22.1 Å². The lowest BCUT2D eigenvalue weighted by molar-refractivity contribution is -0.297. The van der Waals surface area contributed by atoms with Gasteiger partial charge in [0.05, 0.1) is 6.61 Å². The summed E-state index contributed by atoms with van der Waals surface area (Å²) in [5.74, 6) is -2.09. The van der Waals surface area contributed by atoms with E-state index in [-0.39, 0.29) is 19.4 Å². The zero-order valence-corrected chi connectivity index (χ0v) is 38.5. The zero-order chi connectivity index (χ0) is 45.5. The minimum atomic E-state index is -4.62. The molecular weight excluding hydrogens is 813 g/mol. The Labute approximate surface area is 373 Å². The standard InChI is InChI=1S/C49H80O12S/c1-3-5-7-9-11-13-15-17-19-20-21-22-24-26-28-30-32-34-36-38-45(51)60-42(40-59-49-48(54)47(53)46(52)43(61-49)41-62(55,56)57)39-58-44(50)37-35-33-31-29-27-25-23-18-16-14-12-10-8-6-4-2/h11-14,17-19,21-23,26-29,42-43,46-49,52-54H,3-10,15-16,20,24-25,30-41H2,1-2H3,(H,55,56,57)/b13-11+,14-12+,19-17+,22-21+,23-18+,28-26+,29-27+/t42-,43-,46-,47?,48?,49+/m1/s1. The number of allylic oxidation sites excluding steroid dienone is 14. The second kappa shape index (κ2) is 38.3. The Morgan fingerprint density at radius 1 is 0.548 bits per heavy atom. The molecule has 0 bridgehead atoms. The first kappa shape index (κ1) is 56.8. The predicted molar refractivity (Wildman–Crippen MR) is 247 cm³/mol. The molecule has 12 nitrogen and oxygen atoms in total. The fraction of sp³-hybridized carbons (Fsp3) is 0.673. The summed E-state index contributed by atoms with van der Waals surface area (Å²) >= 11 is 0. The van der Waals surface area contributed by atoms with Crippen LogP contribution in [-0.4, -0.2) is 96.0 Å². The highest BCUT2D eigenvalue weighted by atomic mass is 32.2. The summed E-state index contributed by atoms with van der Waals surface area (Å²) in [4.78, 5) is 25.4. The molecule has 6 atom stereocenters. The second-order valence-electron chi connectivity index (χ2n) is 15.7. The summed E-state index contributed by atoms with van der Waals surface area (Å²) < 4.78 is 54.0. The van der Waals surface area contributed by atoms with Crippen LogP contribution >= 0.6 is 0 Å². The first-order valence-corrected chi connectivity index (χ1v) is 24.8. The maximum Gasteiger partial charge on any atom is 0.306 e. The molecule has 1 rings (SSSR count). The molecule has 0 radical (unpaired) electrons. The van der Waals surface area contributed by atoms with E-state index in [0.29, 0.717) is 12.8 Å². The maximum atomic E-state index is 12.8. The van der Waals surface area contributed by atoms with E-state index in [1.165, 1.54) is 38.5 Å². The second-order valence-corrected chi connectivity index (χ2v) is 17.2. The van der Waals surface area contributed by atoms with Crippen LogP contribution in [0.3, 0.4) is 0 Å². The first-order chi connectivity index (χ1) is 30.0. The van der Waals surface area contributed by atoms with E-state index in [1.807, 2.05) is 0 Å². The highest BCUT2D eigenvalue weighted by molar-refractivity contribution is 7.85. The molecule has 0 aliphatic carbocycles. The Morgan fingerprint density at radius 2 is 0.968 bits per heavy atom. The third kappa shape index (κ3) is 32.5. The van der Waals surface area contributed by atoms with Gasteiger partial charge in [0.25, 0.3) is 10.1 Å². The average molecular weight is 893 g/mol. The van der Waals surface area contributed by atoms with Crippen molar-refractivity contribution in [3.05, 3.63) is 85.1 Å². The summed E-state index contributed by atoms with van der Waals surface area (Å²) in [7, 11) is -4.62. The van der Waals surface area contributed by atoms with Crippen LogP contribution in [0.4, 0.5) is 0 Å². The molecule has 1 heterocycles. The minimum Gasteiger partial charge on any atom is -0.462 e. The topological polar surface area (TPSA) is 186 Å². The molecule has 0 spiro atoms. The van der Waals surface area contributed by atoms with Crippen LogP contribution in [0.15, 0.2) is 85.1 Å². The zero-order valence-electron chi connectivity index (χ0n) is 37.7. The van der Waals surface area contributed by atoms with Crippen LogP contribution in [0.5, 0.6) is 0 Å². The molecule has 0 aromatic carbocycles. The average Bonchev–Trinajstić information content (AvgIpc) is 3.24. The SMILES string of the molecule is CCCCC/C=C/C/C=C/C/C=C/C/C=C/CCCCCC(=O)O[C@H](COC(=O)CCCC/C=C/C/C=C/C/C=C/CCCCC)CO[C@H]1O[C@H](CS(=O)(=O)O)[C@@H](O)C(O)C1O. The van der Waals surface area contributed by atoms with Crippen LogP contribution in [-0.2, 0) is 38.7 Å². The Hall–Kier alpha value is -3.17. The first-order valence-electron chi connectivity index (χ1n) is 23.1. The van der Waals surface area contributed by atoms with E-state index in [9.17, 15) is 37.9 Å². The molecule has 4 N–H and O–H groups in total. The van der Waals surface area contributed by atoms with Crippen LogP contribution in [0.25, 0.3) is 0 Å². The lowest BCUT2D eigenvalue weighted by atomic mass is 10.00. The van der Waals surface area contributed by atoms with Gasteiger partial charge in [0.2, 0.25) is 0 Å². The monoisotopic (exact) mass is 893 g/mol. The lowest BCUT2D eigenvalue weighted by Crippen LogP contribution is -2.60. The number of hydrogen-bond donors (Lipinski definition) is 4. The van der Waals surface area contributed by atoms with Crippen molar-refractivity contribution in [1.29, 1.82) is 0 Å². The Balaban J connectivity index is 2.51. The van der Waals surface area contributed by atoms with Gasteiger partial charge >= 0.3 is 11.9 Å². The van der Waals surface area contributed by atoms with Crippen molar-refractivity contribution in [1.82, 2.24) is 0 Å². The summed E-state index contributed by atoms with van der Waals surface area (Å²) in [6.45, 7) is 3.63. The van der Waals surface area contributed by atoms with Gasteiger partial charge in [-0.2, -0.15) is 8.42 Å². The molecule has 1 saturated heterocycles. The predicted octanol–water partition coefficient (Wildman–Crippen LogP) is 9.67. The minimum absolute atomic E-state index is 0.114. The highest BCUT2D eigenvalue weighted by Crippen LogP contribution is 2.24. The molecule has 0 aromatic rings. The molecule has 62 heavy (non-hydrogen) atoms. The molecular formula is C49H80O12S. The van der Waals surface area contributed by atoms with Gasteiger partial charge < -0.3 is 34.3 Å². The van der Waals surface area contributed by atoms with E-state index in [2.05, 4.69) is 98.9 Å². The molecule has 2 unspecified atom stereocenters. The molecule has 354 valence electrons. The van der Waals surface area contributed by atoms with E-state index in [0.717, 1.165) is 77.0 Å². The van der Waals surface area contributed by atoms with Crippen molar-refractivity contribution in [2.45, 2.75) is 192 Å². The number of carbonyl (C=O) groups is 2. The summed E-state index contributed by atoms with van der Waals surface area (Å²) in [5, 5.41) is 30.9. The third-order valence-electron chi connectivity index (χ3n) is 9.95. The summed E-state index contributed by atoms with van der Waals surface area (Å²) in [6.07, 6.45) is 40.5. The van der Waals surface area contributed by atoms with E-state index in [4.69, 9.17) is 18.9 Å². The number of hydrogen-bond acceptors (Lipinski definition) is 11. The van der Waals surface area contributed by atoms with Crippen molar-refractivity contribution < 1.29 is 56.8 Å². The van der Waals surface area contributed by atoms with Gasteiger partial charge in [0, 0.05) is 12.8 Å². The van der Waals surface area contributed by atoms with Gasteiger partial charge in [-0.25, -0.2) is 0 Å². The van der Waals surface area contributed by atoms with Gasteiger partial charge in [-0.1, -0.05) is 131 Å². The summed E-state index contributed by atoms with van der Waals surface area (Å²) in [6, 6.07) is 0. The van der Waals surface area contributed by atoms with E-state index in [1.54, 1.807) is 0 Å². The quantitative estimate of drug-likeness (QED) is 0.0201. The summed E-state index contributed by atoms with van der Waals surface area (Å²) in [5.41, 5.74) is 0. The van der Waals surface area contributed by atoms with Gasteiger partial charge in [0.15, 0.2) is 12.4 Å². The van der Waals surface area contributed by atoms with Crippen molar-refractivity contribution in [3.8, 4) is 0 Å². The van der Waals surface area contributed by atoms with E-state index < -0.39 is 71.2 Å². The smallest absolute Gasteiger partial charge is 0.306 e. The van der Waals surface area contributed by atoms with Crippen LogP contribution in [0.1, 0.15) is 155 Å². The molecule has 1 aliphatic heterocycles. The third-order valence-corrected chi connectivity index (χ3v) is 10.7. The number of aliphatic hydroxyl groups excluding tert-OH is 3. The van der Waals surface area contributed by atoms with Crippen molar-refractivity contribution in [2.75, 3.05) is 19.0 Å². The molecule has 1 fully saturated rings. The van der Waals surface area contributed by atoms with Crippen LogP contribution in [0.2, 0.25) is 0 Å². The molecule has 1 aliphatic rings. The van der Waals surface area contributed by atoms with Gasteiger partial charge in [0.1, 0.15) is 36.8 Å². The normalized spacial score (nSPS) is 20.6. The molecule has 0 aromatic heterocycles. The van der Waals surface area contributed by atoms with Crippen LogP contribution < -0.4 is 0 Å². The Bertz CT molecular complexity index is 1460. The maximum absolute atomic E-state index is 12.8. The van der Waals surface area contributed by atoms with Gasteiger partial charge in [-0.15, -0.1) is 0 Å². The number of carbonyl (C=O) groups excluding carboxylic acids is 2. The Morgan fingerprint density at radius 3 is 1.44 bits per heavy atom. The van der Waals surface area contributed by atoms with Gasteiger partial charge in [-0.3, -0.25) is 14.1 Å². The van der Waals surface area contributed by atoms with Crippen molar-refractivity contribution in [2.24, 2.45) is 0 Å². The highest BCUT2D eigenvalue weighted by Gasteiger charge is 2.46. The van der Waals surface area contributed by atoms with Gasteiger partial charge in [-0.05, 0) is 96.3 Å². The number of rotatable bonds is 37. The van der Waals surface area contributed by atoms with Crippen LogP contribution in [0, 0.1) is 0 Å². The van der Waals surface area contributed by atoms with Crippen molar-refractivity contribution in [3.63, 3.8) is 0 Å².